The van der Waals surface area contributed by atoms with Gasteiger partial charge in [0.1, 0.15) is 0 Å². The molecule has 0 N–H and O–H groups in total. The molecule has 4 rings (SSSR count). The van der Waals surface area contributed by atoms with Crippen molar-refractivity contribution >= 4 is 16.0 Å². The maximum atomic E-state index is 2.83. The summed E-state index contributed by atoms with van der Waals surface area (Å²) in [5.41, 5.74) is 6.12. The van der Waals surface area contributed by atoms with Gasteiger partial charge in [-0.05, 0) is 53.7 Å². The Kier molecular flexibility index (Phi) is 4.77. The van der Waals surface area contributed by atoms with Crippen LogP contribution in [0.15, 0.2) is 0 Å². The van der Waals surface area contributed by atoms with Gasteiger partial charge in [0.05, 0.1) is 8.07 Å². The molecule has 4 aliphatic rings. The first-order chi connectivity index (χ1) is 10.7. The highest BCUT2D eigenvalue weighted by Crippen LogP contribution is 2.73. The molecule has 0 radical (unpaired) electrons. The fourth-order valence-corrected chi connectivity index (χ4v) is 19.8. The number of fused-ring (bicyclic) bond motifs is 2. The van der Waals surface area contributed by atoms with Crippen molar-refractivity contribution < 1.29 is 0 Å². The van der Waals surface area contributed by atoms with Crippen LogP contribution in [0.3, 0.4) is 0 Å². The van der Waals surface area contributed by atoms with Crippen LogP contribution < -0.4 is 0 Å². The summed E-state index contributed by atoms with van der Waals surface area (Å²) in [6.07, 6.45) is 20.8. The number of hydrogen-bond acceptors (Lipinski definition) is 0. The zero-order chi connectivity index (χ0) is 15.2. The second-order valence-electron chi connectivity index (χ2n) is 9.48. The molecule has 0 aromatic carbocycles. The topological polar surface area (TPSA) is 0 Å². The van der Waals surface area contributed by atoms with Crippen LogP contribution in [0.4, 0.5) is 0 Å². The van der Waals surface area contributed by atoms with Crippen LogP contribution in [0, 0.1) is 0 Å². The largest absolute Gasteiger partial charge is 0.0972 e. The van der Waals surface area contributed by atoms with E-state index in [1.165, 1.54) is 28.1 Å². The molecule has 0 spiro atoms. The van der Waals surface area contributed by atoms with Gasteiger partial charge in [-0.1, -0.05) is 78.8 Å². The van der Waals surface area contributed by atoms with Gasteiger partial charge in [0, 0.05) is 0 Å². The second-order valence-corrected chi connectivity index (χ2v) is 17.6. The van der Waals surface area contributed by atoms with Gasteiger partial charge < -0.3 is 0 Å². The Balaban J connectivity index is 1.67. The zero-order valence-corrected chi connectivity index (χ0v) is 16.9. The fraction of sp³-hybridized carbons (Fsp3) is 1.00. The van der Waals surface area contributed by atoms with Crippen LogP contribution in [0.1, 0.15) is 83.5 Å². The molecule has 126 valence electrons. The fourth-order valence-electron chi connectivity index (χ4n) is 7.11. The lowest BCUT2D eigenvalue weighted by molar-refractivity contribution is 0.422. The summed E-state index contributed by atoms with van der Waals surface area (Å²) in [6.45, 7) is 5.65. The Morgan fingerprint density at radius 1 is 0.591 bits per heavy atom. The SMILES string of the molecule is C[Si]1(C)C2CCCCC2P(C2CCCCC2)C2CCCCC21. The zero-order valence-electron chi connectivity index (χ0n) is 15.0. The molecule has 2 heteroatoms. The highest BCUT2D eigenvalue weighted by Gasteiger charge is 2.56. The molecule has 1 heterocycles. The average molecular weight is 337 g/mol. The van der Waals surface area contributed by atoms with Gasteiger partial charge in [0.15, 0.2) is 0 Å². The van der Waals surface area contributed by atoms with Crippen LogP contribution in [0.5, 0.6) is 0 Å². The van der Waals surface area contributed by atoms with Crippen molar-refractivity contribution in [1.82, 2.24) is 0 Å². The smallest absolute Gasteiger partial charge is 0.0548 e. The van der Waals surface area contributed by atoms with E-state index in [4.69, 9.17) is 0 Å². The Labute approximate surface area is 141 Å². The van der Waals surface area contributed by atoms with Gasteiger partial charge in [-0.25, -0.2) is 0 Å². The lowest BCUT2D eigenvalue weighted by atomic mass is 9.97. The van der Waals surface area contributed by atoms with Crippen LogP contribution in [0.2, 0.25) is 24.2 Å². The molecule has 0 nitrogen and oxygen atoms in total. The minimum absolute atomic E-state index is 0.372. The van der Waals surface area contributed by atoms with E-state index in [0.717, 1.165) is 0 Å². The molecule has 0 aromatic heterocycles. The maximum Gasteiger partial charge on any atom is 0.0548 e. The third kappa shape index (κ3) is 2.67. The van der Waals surface area contributed by atoms with E-state index in [9.17, 15) is 0 Å². The molecular weight excluding hydrogens is 299 g/mol. The Morgan fingerprint density at radius 3 is 1.59 bits per heavy atom. The van der Waals surface area contributed by atoms with Crippen molar-refractivity contribution in [1.29, 1.82) is 0 Å². The van der Waals surface area contributed by atoms with E-state index < -0.39 is 8.07 Å². The van der Waals surface area contributed by atoms with Crippen molar-refractivity contribution in [2.75, 3.05) is 0 Å². The predicted molar refractivity (Wildman–Crippen MR) is 103 cm³/mol. The van der Waals surface area contributed by atoms with Crippen molar-refractivity contribution in [3.05, 3.63) is 0 Å². The molecule has 0 amide bonds. The van der Waals surface area contributed by atoms with Crippen LogP contribution in [-0.2, 0) is 0 Å². The number of hydrogen-bond donors (Lipinski definition) is 0. The van der Waals surface area contributed by atoms with Crippen LogP contribution in [-0.4, -0.2) is 25.1 Å². The van der Waals surface area contributed by atoms with E-state index in [2.05, 4.69) is 13.1 Å². The van der Waals surface area contributed by atoms with E-state index in [1.807, 2.05) is 0 Å². The molecule has 0 aromatic rings. The summed E-state index contributed by atoms with van der Waals surface area (Å²) in [7, 11) is -0.633. The molecule has 3 aliphatic carbocycles. The molecule has 22 heavy (non-hydrogen) atoms. The lowest BCUT2D eigenvalue weighted by Crippen LogP contribution is -2.54. The van der Waals surface area contributed by atoms with Gasteiger partial charge >= 0.3 is 0 Å². The maximum absolute atomic E-state index is 2.83. The highest BCUT2D eigenvalue weighted by molar-refractivity contribution is 7.60. The Morgan fingerprint density at radius 2 is 1.05 bits per heavy atom. The summed E-state index contributed by atoms with van der Waals surface area (Å²) in [6, 6.07) is 0. The first kappa shape index (κ1) is 16.1. The summed E-state index contributed by atoms with van der Waals surface area (Å²) in [5, 5.41) is 0. The summed E-state index contributed by atoms with van der Waals surface area (Å²) >= 11 is 0. The van der Waals surface area contributed by atoms with Crippen molar-refractivity contribution in [3.63, 3.8) is 0 Å². The van der Waals surface area contributed by atoms with E-state index in [-0.39, 0.29) is 0 Å². The summed E-state index contributed by atoms with van der Waals surface area (Å²) in [5.74, 6) is 0. The van der Waals surface area contributed by atoms with E-state index in [1.54, 1.807) is 83.5 Å². The molecule has 4 unspecified atom stereocenters. The van der Waals surface area contributed by atoms with Crippen molar-refractivity contribution in [3.8, 4) is 0 Å². The van der Waals surface area contributed by atoms with Crippen LogP contribution >= 0.6 is 7.92 Å². The predicted octanol–water partition coefficient (Wildman–Crippen LogP) is 7.15. The molecule has 4 fully saturated rings. The van der Waals surface area contributed by atoms with Gasteiger partial charge in [-0.3, -0.25) is 0 Å². The lowest BCUT2D eigenvalue weighted by Gasteiger charge is -2.61. The van der Waals surface area contributed by atoms with E-state index in [0.29, 0.717) is 7.92 Å². The van der Waals surface area contributed by atoms with Gasteiger partial charge in [-0.15, -0.1) is 0 Å². The quantitative estimate of drug-likeness (QED) is 0.352. The highest BCUT2D eigenvalue weighted by atomic mass is 31.1. The minimum Gasteiger partial charge on any atom is -0.0972 e. The molecule has 1 saturated heterocycles. The van der Waals surface area contributed by atoms with Gasteiger partial charge in [0.2, 0.25) is 0 Å². The molecule has 1 aliphatic heterocycles. The first-order valence-electron chi connectivity index (χ1n) is 10.5. The molecule has 0 bridgehead atoms. The summed E-state index contributed by atoms with van der Waals surface area (Å²) < 4.78 is 0. The molecular formula is C20H37PSi. The summed E-state index contributed by atoms with van der Waals surface area (Å²) in [4.78, 5) is 0. The molecule has 4 atom stereocenters. The van der Waals surface area contributed by atoms with Gasteiger partial charge in [-0.2, -0.15) is 0 Å². The van der Waals surface area contributed by atoms with Crippen molar-refractivity contribution in [2.24, 2.45) is 0 Å². The second kappa shape index (κ2) is 6.51. The standard InChI is InChI=1S/C20H37PSi/c1-22(2)19-14-8-6-12-17(19)21(16-10-4-3-5-11-16)18-13-7-9-15-20(18)22/h16-20H,3-15H2,1-2H3. The Bertz CT molecular complexity index is 361. The monoisotopic (exact) mass is 336 g/mol. The van der Waals surface area contributed by atoms with E-state index >= 15 is 0 Å². The normalized spacial score (nSPS) is 45.8. The average Bonchev–Trinajstić information content (AvgIpc) is 2.56. The van der Waals surface area contributed by atoms with Crippen LogP contribution in [0.25, 0.3) is 0 Å². The van der Waals surface area contributed by atoms with Gasteiger partial charge in [0.25, 0.3) is 0 Å². The van der Waals surface area contributed by atoms with Crippen molar-refractivity contribution in [2.45, 2.75) is 125 Å². The third-order valence-corrected chi connectivity index (χ3v) is 18.0. The molecule has 3 saturated carbocycles. The first-order valence-corrected chi connectivity index (χ1v) is 15.2. The number of rotatable bonds is 1. The minimum atomic E-state index is -1.00. The third-order valence-electron chi connectivity index (χ3n) is 8.13. The Hall–Kier alpha value is 0.647.